The summed E-state index contributed by atoms with van der Waals surface area (Å²) in [6.07, 6.45) is 0.692. The Hall–Kier alpha value is -1.17. The number of hydrogen-bond acceptors (Lipinski definition) is 4. The summed E-state index contributed by atoms with van der Waals surface area (Å²) in [4.78, 5) is 0. The summed E-state index contributed by atoms with van der Waals surface area (Å²) in [6, 6.07) is 8.82. The first-order valence-corrected chi connectivity index (χ1v) is 8.93. The van der Waals surface area contributed by atoms with Crippen molar-refractivity contribution >= 4 is 34.8 Å². The maximum Gasteiger partial charge on any atom is 0.163 e. The summed E-state index contributed by atoms with van der Waals surface area (Å²) in [6.45, 7) is 1.72. The number of aliphatic hydroxyl groups is 1. The van der Waals surface area contributed by atoms with Crippen LogP contribution in [0, 0.1) is 0 Å². The van der Waals surface area contributed by atoms with Gasteiger partial charge < -0.3 is 19.9 Å². The Morgan fingerprint density at radius 2 is 1.76 bits per heavy atom. The normalized spacial score (nSPS) is 10.8. The van der Waals surface area contributed by atoms with Crippen molar-refractivity contribution in [3.8, 4) is 11.5 Å². The lowest BCUT2D eigenvalue weighted by atomic mass is 10.2. The van der Waals surface area contributed by atoms with Gasteiger partial charge in [-0.05, 0) is 36.7 Å². The second-order valence-electron chi connectivity index (χ2n) is 5.37. The van der Waals surface area contributed by atoms with Crippen molar-refractivity contribution in [1.82, 2.24) is 5.32 Å². The summed E-state index contributed by atoms with van der Waals surface area (Å²) < 4.78 is 11.2. The minimum Gasteiger partial charge on any atom is -0.493 e. The molecule has 0 aromatic heterocycles. The van der Waals surface area contributed by atoms with E-state index in [2.05, 4.69) is 5.32 Å². The second-order valence-corrected chi connectivity index (χ2v) is 6.62. The van der Waals surface area contributed by atoms with Crippen molar-refractivity contribution in [3.63, 3.8) is 0 Å². The van der Waals surface area contributed by atoms with Crippen molar-refractivity contribution in [1.29, 1.82) is 0 Å². The van der Waals surface area contributed by atoms with Crippen LogP contribution >= 0.6 is 34.8 Å². The molecule has 0 heterocycles. The van der Waals surface area contributed by atoms with E-state index in [9.17, 15) is 0 Å². The predicted octanol–water partition coefficient (Wildman–Crippen LogP) is 4.71. The van der Waals surface area contributed by atoms with Crippen LogP contribution in [0.25, 0.3) is 0 Å². The molecule has 0 spiro atoms. The number of methoxy groups -OCH3 is 1. The Labute approximate surface area is 162 Å². The Kier molecular flexibility index (Phi) is 8.13. The third-order valence-electron chi connectivity index (χ3n) is 3.56. The number of halogens is 3. The highest BCUT2D eigenvalue weighted by Gasteiger charge is 2.12. The summed E-state index contributed by atoms with van der Waals surface area (Å²) in [5.74, 6) is 1.13. The third-order valence-corrected chi connectivity index (χ3v) is 4.50. The van der Waals surface area contributed by atoms with Gasteiger partial charge in [-0.15, -0.1) is 0 Å². The van der Waals surface area contributed by atoms with Gasteiger partial charge >= 0.3 is 0 Å². The minimum absolute atomic E-state index is 0.157. The molecule has 0 radical (unpaired) electrons. The molecule has 0 aliphatic heterocycles. The molecule has 2 rings (SSSR count). The first-order chi connectivity index (χ1) is 12.0. The van der Waals surface area contributed by atoms with Gasteiger partial charge in [0, 0.05) is 39.8 Å². The molecule has 0 aliphatic carbocycles. The van der Waals surface area contributed by atoms with Crippen molar-refractivity contribution in [2.24, 2.45) is 0 Å². The van der Waals surface area contributed by atoms with Crippen LogP contribution in [-0.2, 0) is 13.2 Å². The molecular weight excluding hydrogens is 385 g/mol. The molecule has 0 atom stereocenters. The SMILES string of the molecule is COc1cc(CNCCCO)c(Cl)cc1OCc1ccc(Cl)cc1Cl. The van der Waals surface area contributed by atoms with Gasteiger partial charge in [-0.25, -0.2) is 0 Å². The van der Waals surface area contributed by atoms with Crippen LogP contribution in [0.1, 0.15) is 17.5 Å². The van der Waals surface area contributed by atoms with E-state index in [1.807, 2.05) is 12.1 Å². The van der Waals surface area contributed by atoms with Gasteiger partial charge in [0.2, 0.25) is 0 Å². The fraction of sp³-hybridized carbons (Fsp3) is 0.333. The zero-order valence-corrected chi connectivity index (χ0v) is 16.1. The largest absolute Gasteiger partial charge is 0.493 e. The Bertz CT molecular complexity index is 710. The number of rotatable bonds is 9. The Morgan fingerprint density at radius 1 is 1.00 bits per heavy atom. The van der Waals surface area contributed by atoms with Crippen molar-refractivity contribution in [2.75, 3.05) is 20.3 Å². The van der Waals surface area contributed by atoms with Crippen LogP contribution in [0.2, 0.25) is 15.1 Å². The second kappa shape index (κ2) is 10.1. The molecule has 0 saturated carbocycles. The van der Waals surface area contributed by atoms with Gasteiger partial charge in [-0.3, -0.25) is 0 Å². The fourth-order valence-electron chi connectivity index (χ4n) is 2.21. The highest BCUT2D eigenvalue weighted by molar-refractivity contribution is 6.35. The molecule has 25 heavy (non-hydrogen) atoms. The fourth-order valence-corrected chi connectivity index (χ4v) is 2.89. The van der Waals surface area contributed by atoms with Crippen molar-refractivity contribution in [2.45, 2.75) is 19.6 Å². The molecule has 0 aliphatic rings. The average Bonchev–Trinajstić information content (AvgIpc) is 2.59. The number of aliphatic hydroxyl groups excluding tert-OH is 1. The monoisotopic (exact) mass is 403 g/mol. The molecule has 2 aromatic carbocycles. The average molecular weight is 405 g/mol. The number of hydrogen-bond donors (Lipinski definition) is 2. The Balaban J connectivity index is 2.08. The van der Waals surface area contributed by atoms with E-state index in [1.165, 1.54) is 0 Å². The van der Waals surface area contributed by atoms with Crippen LogP contribution < -0.4 is 14.8 Å². The van der Waals surface area contributed by atoms with Crippen LogP contribution in [0.3, 0.4) is 0 Å². The smallest absolute Gasteiger partial charge is 0.163 e. The molecule has 0 amide bonds. The molecule has 7 heteroatoms. The van der Waals surface area contributed by atoms with E-state index in [0.717, 1.165) is 11.1 Å². The van der Waals surface area contributed by atoms with Gasteiger partial charge in [-0.2, -0.15) is 0 Å². The molecule has 0 fully saturated rings. The van der Waals surface area contributed by atoms with E-state index in [-0.39, 0.29) is 13.2 Å². The molecule has 0 unspecified atom stereocenters. The molecule has 2 aromatic rings. The topological polar surface area (TPSA) is 50.7 Å². The lowest BCUT2D eigenvalue weighted by Gasteiger charge is -2.15. The molecule has 0 bridgehead atoms. The lowest BCUT2D eigenvalue weighted by molar-refractivity contribution is 0.284. The summed E-state index contributed by atoms with van der Waals surface area (Å²) >= 11 is 18.4. The summed E-state index contributed by atoms with van der Waals surface area (Å²) in [5, 5.41) is 13.7. The predicted molar refractivity (Wildman–Crippen MR) is 102 cm³/mol. The number of ether oxygens (including phenoxy) is 2. The number of nitrogens with one attached hydrogen (secondary N) is 1. The maximum atomic E-state index is 8.80. The quantitative estimate of drug-likeness (QED) is 0.594. The maximum absolute atomic E-state index is 8.80. The van der Waals surface area contributed by atoms with Crippen LogP contribution in [-0.4, -0.2) is 25.4 Å². The molecule has 2 N–H and O–H groups in total. The minimum atomic E-state index is 0.157. The van der Waals surface area contributed by atoms with E-state index in [4.69, 9.17) is 49.4 Å². The summed E-state index contributed by atoms with van der Waals surface area (Å²) in [5.41, 5.74) is 1.72. The zero-order valence-electron chi connectivity index (χ0n) is 13.8. The van der Waals surface area contributed by atoms with Crippen molar-refractivity contribution in [3.05, 3.63) is 56.5 Å². The van der Waals surface area contributed by atoms with Gasteiger partial charge in [0.15, 0.2) is 11.5 Å². The molecular formula is C18H20Cl3NO3. The van der Waals surface area contributed by atoms with Crippen LogP contribution in [0.15, 0.2) is 30.3 Å². The van der Waals surface area contributed by atoms with Gasteiger partial charge in [0.05, 0.1) is 7.11 Å². The lowest BCUT2D eigenvalue weighted by Crippen LogP contribution is -2.16. The molecule has 4 nitrogen and oxygen atoms in total. The summed E-state index contributed by atoms with van der Waals surface area (Å²) in [7, 11) is 1.58. The van der Waals surface area contributed by atoms with Gasteiger partial charge in [-0.1, -0.05) is 40.9 Å². The first kappa shape index (κ1) is 20.1. The van der Waals surface area contributed by atoms with Gasteiger partial charge in [0.25, 0.3) is 0 Å². The first-order valence-electron chi connectivity index (χ1n) is 7.80. The van der Waals surface area contributed by atoms with Crippen LogP contribution in [0.4, 0.5) is 0 Å². The van der Waals surface area contributed by atoms with E-state index < -0.39 is 0 Å². The van der Waals surface area contributed by atoms with E-state index in [0.29, 0.717) is 46.1 Å². The van der Waals surface area contributed by atoms with E-state index >= 15 is 0 Å². The molecule has 136 valence electrons. The molecule has 0 saturated heterocycles. The van der Waals surface area contributed by atoms with Crippen molar-refractivity contribution < 1.29 is 14.6 Å². The third kappa shape index (κ3) is 5.94. The van der Waals surface area contributed by atoms with Crippen LogP contribution in [0.5, 0.6) is 11.5 Å². The number of benzene rings is 2. The highest BCUT2D eigenvalue weighted by atomic mass is 35.5. The zero-order chi connectivity index (χ0) is 18.2. The standard InChI is InChI=1S/C18H20Cl3NO3/c1-24-17-7-13(10-22-5-2-6-23)16(21)9-18(17)25-11-12-3-4-14(19)8-15(12)20/h3-4,7-9,22-23H,2,5-6,10-11H2,1H3. The van der Waals surface area contributed by atoms with E-state index in [1.54, 1.807) is 25.3 Å². The Morgan fingerprint density at radius 3 is 2.44 bits per heavy atom. The van der Waals surface area contributed by atoms with Gasteiger partial charge in [0.1, 0.15) is 6.61 Å². The highest BCUT2D eigenvalue weighted by Crippen LogP contribution is 2.34.